The highest BCUT2D eigenvalue weighted by Gasteiger charge is 2.23. The Bertz CT molecular complexity index is 1220. The summed E-state index contributed by atoms with van der Waals surface area (Å²) in [5.41, 5.74) is 1.12. The molecule has 0 fully saturated rings. The van der Waals surface area contributed by atoms with Gasteiger partial charge in [-0.05, 0) is 47.7 Å². The van der Waals surface area contributed by atoms with E-state index in [-0.39, 0.29) is 36.9 Å². The molecule has 2 aromatic carbocycles. The van der Waals surface area contributed by atoms with Crippen LogP contribution < -0.4 is 9.47 Å². The Balaban J connectivity index is 1.77. The molecule has 1 aromatic heterocycles. The number of hydrogen-bond acceptors (Lipinski definition) is 8. The molecule has 0 atom stereocenters. The number of thiophene rings is 1. The summed E-state index contributed by atoms with van der Waals surface area (Å²) < 4.78 is 15.9. The standard InChI is InChI=1S/C27H31N3O7S/c1-35-15-14-29(27(32)21-7-9-22(10-8-21)30(33)34)19-26(31)28(18-23-5-4-16-38-23)13-12-20-6-11-24(36-2)25(17-20)37-3/h4-11,16-17H,12-15,18-19H2,1-3H3. The second-order valence-electron chi connectivity index (χ2n) is 8.36. The second-order valence-corrected chi connectivity index (χ2v) is 9.39. The van der Waals surface area contributed by atoms with Gasteiger partial charge in [-0.1, -0.05) is 12.1 Å². The molecule has 3 aromatic rings. The highest BCUT2D eigenvalue weighted by molar-refractivity contribution is 7.09. The largest absolute Gasteiger partial charge is 0.493 e. The molecule has 0 N–H and O–H groups in total. The van der Waals surface area contributed by atoms with Crippen molar-refractivity contribution < 1.29 is 28.7 Å². The van der Waals surface area contributed by atoms with Crippen LogP contribution in [-0.4, -0.2) is 74.1 Å². The van der Waals surface area contributed by atoms with Gasteiger partial charge in [-0.25, -0.2) is 0 Å². The normalized spacial score (nSPS) is 10.6. The summed E-state index contributed by atoms with van der Waals surface area (Å²) in [7, 11) is 4.67. The predicted molar refractivity (Wildman–Crippen MR) is 144 cm³/mol. The van der Waals surface area contributed by atoms with E-state index in [1.807, 2.05) is 35.7 Å². The minimum Gasteiger partial charge on any atom is -0.493 e. The van der Waals surface area contributed by atoms with Crippen molar-refractivity contribution in [2.75, 3.05) is 47.6 Å². The Morgan fingerprint density at radius 2 is 1.68 bits per heavy atom. The summed E-state index contributed by atoms with van der Waals surface area (Å²) in [5, 5.41) is 12.9. The molecule has 11 heteroatoms. The average Bonchev–Trinajstić information content (AvgIpc) is 3.45. The molecule has 0 radical (unpaired) electrons. The van der Waals surface area contributed by atoms with Crippen LogP contribution in [0.2, 0.25) is 0 Å². The maximum Gasteiger partial charge on any atom is 0.269 e. The number of amides is 2. The number of benzene rings is 2. The topological polar surface area (TPSA) is 111 Å². The molecular weight excluding hydrogens is 510 g/mol. The van der Waals surface area contributed by atoms with Crippen molar-refractivity contribution in [3.05, 3.63) is 86.1 Å². The van der Waals surface area contributed by atoms with E-state index in [1.54, 1.807) is 30.5 Å². The highest BCUT2D eigenvalue weighted by atomic mass is 32.1. The zero-order valence-electron chi connectivity index (χ0n) is 21.6. The molecule has 0 aliphatic heterocycles. The molecule has 202 valence electrons. The van der Waals surface area contributed by atoms with Gasteiger partial charge in [0.1, 0.15) is 6.54 Å². The van der Waals surface area contributed by atoms with E-state index in [1.165, 1.54) is 36.3 Å². The van der Waals surface area contributed by atoms with Gasteiger partial charge in [-0.15, -0.1) is 11.3 Å². The number of nitro groups is 1. The predicted octanol–water partition coefficient (Wildman–Crippen LogP) is 4.03. The SMILES string of the molecule is COCCN(CC(=O)N(CCc1ccc(OC)c(OC)c1)Cc1cccs1)C(=O)c1ccc([N+](=O)[O-])cc1. The van der Waals surface area contributed by atoms with Crippen LogP contribution in [-0.2, 0) is 22.5 Å². The van der Waals surface area contributed by atoms with Crippen LogP contribution in [0, 0.1) is 10.1 Å². The van der Waals surface area contributed by atoms with Gasteiger partial charge in [0, 0.05) is 42.8 Å². The fourth-order valence-corrected chi connectivity index (χ4v) is 4.53. The number of nitrogens with zero attached hydrogens (tertiary/aromatic N) is 3. The molecular formula is C27H31N3O7S. The minimum absolute atomic E-state index is 0.113. The van der Waals surface area contributed by atoms with Crippen LogP contribution in [0.4, 0.5) is 5.69 Å². The summed E-state index contributed by atoms with van der Waals surface area (Å²) in [5.74, 6) is 0.619. The smallest absolute Gasteiger partial charge is 0.269 e. The van der Waals surface area contributed by atoms with Crippen molar-refractivity contribution >= 4 is 28.8 Å². The van der Waals surface area contributed by atoms with E-state index in [4.69, 9.17) is 14.2 Å². The van der Waals surface area contributed by atoms with Crippen molar-refractivity contribution in [2.45, 2.75) is 13.0 Å². The Labute approximate surface area is 225 Å². The fraction of sp³-hybridized carbons (Fsp3) is 0.333. The quantitative estimate of drug-likeness (QED) is 0.224. The summed E-state index contributed by atoms with van der Waals surface area (Å²) in [6, 6.07) is 14.9. The molecule has 3 rings (SSSR count). The van der Waals surface area contributed by atoms with Crippen molar-refractivity contribution in [1.29, 1.82) is 0 Å². The lowest BCUT2D eigenvalue weighted by molar-refractivity contribution is -0.384. The van der Waals surface area contributed by atoms with Gasteiger partial charge in [0.2, 0.25) is 5.91 Å². The van der Waals surface area contributed by atoms with E-state index in [9.17, 15) is 19.7 Å². The molecule has 0 aliphatic carbocycles. The van der Waals surface area contributed by atoms with Crippen molar-refractivity contribution in [2.24, 2.45) is 0 Å². The van der Waals surface area contributed by atoms with E-state index in [0.717, 1.165) is 10.4 Å². The summed E-state index contributed by atoms with van der Waals surface area (Å²) in [6.07, 6.45) is 0.575. The number of carbonyl (C=O) groups excluding carboxylic acids is 2. The molecule has 0 saturated carbocycles. The zero-order chi connectivity index (χ0) is 27.5. The molecule has 38 heavy (non-hydrogen) atoms. The van der Waals surface area contributed by atoms with Gasteiger partial charge < -0.3 is 24.0 Å². The minimum atomic E-state index is -0.526. The Morgan fingerprint density at radius 1 is 0.947 bits per heavy atom. The van der Waals surface area contributed by atoms with Crippen molar-refractivity contribution in [3.8, 4) is 11.5 Å². The summed E-state index contributed by atoms with van der Waals surface area (Å²) >= 11 is 1.55. The summed E-state index contributed by atoms with van der Waals surface area (Å²) in [6.45, 7) is 1.11. The van der Waals surface area contributed by atoms with Gasteiger partial charge in [-0.2, -0.15) is 0 Å². The summed E-state index contributed by atoms with van der Waals surface area (Å²) in [4.78, 5) is 41.4. The number of ether oxygens (including phenoxy) is 3. The Kier molecular flexibility index (Phi) is 10.6. The third-order valence-corrected chi connectivity index (χ3v) is 6.76. The van der Waals surface area contributed by atoms with Gasteiger partial charge in [-0.3, -0.25) is 19.7 Å². The number of rotatable bonds is 14. The first-order chi connectivity index (χ1) is 18.4. The van der Waals surface area contributed by atoms with Crippen LogP contribution in [0.5, 0.6) is 11.5 Å². The first-order valence-electron chi connectivity index (χ1n) is 11.9. The number of hydrogen-bond donors (Lipinski definition) is 0. The molecule has 0 spiro atoms. The van der Waals surface area contributed by atoms with Crippen LogP contribution in [0.25, 0.3) is 0 Å². The number of methoxy groups -OCH3 is 3. The Hall–Kier alpha value is -3.96. The average molecular weight is 542 g/mol. The number of nitro benzene ring substituents is 1. The van der Waals surface area contributed by atoms with E-state index < -0.39 is 10.8 Å². The maximum absolute atomic E-state index is 13.5. The monoisotopic (exact) mass is 541 g/mol. The first-order valence-corrected chi connectivity index (χ1v) is 12.8. The molecule has 0 saturated heterocycles. The van der Waals surface area contributed by atoms with E-state index >= 15 is 0 Å². The zero-order valence-corrected chi connectivity index (χ0v) is 22.4. The van der Waals surface area contributed by atoms with Crippen LogP contribution in [0.1, 0.15) is 20.8 Å². The molecule has 1 heterocycles. The Morgan fingerprint density at radius 3 is 2.29 bits per heavy atom. The third-order valence-electron chi connectivity index (χ3n) is 5.90. The lowest BCUT2D eigenvalue weighted by atomic mass is 10.1. The lowest BCUT2D eigenvalue weighted by Gasteiger charge is -2.27. The van der Waals surface area contributed by atoms with Crippen molar-refractivity contribution in [3.63, 3.8) is 0 Å². The highest BCUT2D eigenvalue weighted by Crippen LogP contribution is 2.28. The second kappa shape index (κ2) is 14.1. The first kappa shape index (κ1) is 28.6. The van der Waals surface area contributed by atoms with E-state index in [0.29, 0.717) is 31.0 Å². The van der Waals surface area contributed by atoms with Crippen LogP contribution >= 0.6 is 11.3 Å². The molecule has 0 aliphatic rings. The van der Waals surface area contributed by atoms with Gasteiger partial charge >= 0.3 is 0 Å². The van der Waals surface area contributed by atoms with Crippen molar-refractivity contribution in [1.82, 2.24) is 9.80 Å². The number of non-ortho nitro benzene ring substituents is 1. The van der Waals surface area contributed by atoms with Gasteiger partial charge in [0.05, 0.1) is 32.3 Å². The van der Waals surface area contributed by atoms with E-state index in [2.05, 4.69) is 0 Å². The maximum atomic E-state index is 13.5. The molecule has 10 nitrogen and oxygen atoms in total. The van der Waals surface area contributed by atoms with Crippen LogP contribution in [0.15, 0.2) is 60.0 Å². The molecule has 2 amide bonds. The molecule has 0 unspecified atom stereocenters. The third kappa shape index (κ3) is 7.77. The van der Waals surface area contributed by atoms with Crippen LogP contribution in [0.3, 0.4) is 0 Å². The van der Waals surface area contributed by atoms with Gasteiger partial charge in [0.15, 0.2) is 11.5 Å². The fourth-order valence-electron chi connectivity index (χ4n) is 3.81. The molecule has 0 bridgehead atoms. The van der Waals surface area contributed by atoms with Gasteiger partial charge in [0.25, 0.3) is 11.6 Å². The lowest BCUT2D eigenvalue weighted by Crippen LogP contribution is -2.44. The number of carbonyl (C=O) groups is 2.